The molecule has 0 radical (unpaired) electrons. The van der Waals surface area contributed by atoms with Crippen molar-refractivity contribution in [2.45, 2.75) is 45.5 Å². The lowest BCUT2D eigenvalue weighted by molar-refractivity contribution is -0.125. The number of hydrogen-bond donors (Lipinski definition) is 3. The van der Waals surface area contributed by atoms with E-state index in [4.69, 9.17) is 4.74 Å². The highest BCUT2D eigenvalue weighted by Crippen LogP contribution is 2.30. The highest BCUT2D eigenvalue weighted by molar-refractivity contribution is 5.92. The van der Waals surface area contributed by atoms with Crippen LogP contribution in [0.2, 0.25) is 0 Å². The van der Waals surface area contributed by atoms with Crippen LogP contribution in [-0.4, -0.2) is 34.1 Å². The fourth-order valence-corrected chi connectivity index (χ4v) is 2.94. The first kappa shape index (κ1) is 15.9. The Morgan fingerprint density at radius 2 is 2.26 bits per heavy atom. The summed E-state index contributed by atoms with van der Waals surface area (Å²) >= 11 is 0. The number of rotatable bonds is 3. The largest absolute Gasteiger partial charge is 0.478 e. The maximum absolute atomic E-state index is 12.3. The molecule has 7 heteroatoms. The standard InChI is InChI=1S/C16H21N3O4/c1-8(2)16(3)15(22)18-13(19-16)12-10(14(20)21)6-9-7-23-5-4-11(9)17-12/h6,8,13,19H,4-5,7H2,1-3H3,(H,18,22)(H,20,21). The lowest BCUT2D eigenvalue weighted by atomic mass is 9.89. The van der Waals surface area contributed by atoms with Gasteiger partial charge in [-0.2, -0.15) is 0 Å². The van der Waals surface area contributed by atoms with Crippen molar-refractivity contribution in [1.82, 2.24) is 15.6 Å². The Balaban J connectivity index is 2.03. The Morgan fingerprint density at radius 3 is 2.87 bits per heavy atom. The van der Waals surface area contributed by atoms with Gasteiger partial charge in [-0.15, -0.1) is 0 Å². The Bertz CT molecular complexity index is 674. The van der Waals surface area contributed by atoms with Crippen molar-refractivity contribution in [3.05, 3.63) is 28.6 Å². The van der Waals surface area contributed by atoms with E-state index in [1.165, 1.54) is 0 Å². The number of carbonyl (C=O) groups is 2. The number of carboxylic acid groups (broad SMARTS) is 1. The lowest BCUT2D eigenvalue weighted by Gasteiger charge is -2.27. The molecule has 3 N–H and O–H groups in total. The number of aromatic nitrogens is 1. The molecule has 3 heterocycles. The summed E-state index contributed by atoms with van der Waals surface area (Å²) in [6, 6.07) is 1.61. The number of fused-ring (bicyclic) bond motifs is 1. The summed E-state index contributed by atoms with van der Waals surface area (Å²) in [5.41, 5.74) is 1.34. The predicted molar refractivity (Wildman–Crippen MR) is 81.8 cm³/mol. The van der Waals surface area contributed by atoms with Gasteiger partial charge < -0.3 is 15.2 Å². The van der Waals surface area contributed by atoms with Gasteiger partial charge in [-0.25, -0.2) is 4.79 Å². The Hall–Kier alpha value is -1.99. The van der Waals surface area contributed by atoms with Gasteiger partial charge in [0.1, 0.15) is 6.17 Å². The summed E-state index contributed by atoms with van der Waals surface area (Å²) in [6.07, 6.45) is 0.0406. The van der Waals surface area contributed by atoms with E-state index >= 15 is 0 Å². The van der Waals surface area contributed by atoms with Gasteiger partial charge in [-0.05, 0) is 18.9 Å². The van der Waals surface area contributed by atoms with Crippen LogP contribution in [0.15, 0.2) is 6.07 Å². The molecule has 1 saturated heterocycles. The minimum Gasteiger partial charge on any atom is -0.478 e. The third kappa shape index (κ3) is 2.60. The molecule has 0 aliphatic carbocycles. The number of aromatic carboxylic acids is 1. The zero-order valence-electron chi connectivity index (χ0n) is 13.5. The van der Waals surface area contributed by atoms with Crippen molar-refractivity contribution < 1.29 is 19.4 Å². The molecule has 23 heavy (non-hydrogen) atoms. The molecule has 124 valence electrons. The van der Waals surface area contributed by atoms with Crippen LogP contribution in [0.1, 0.15) is 54.2 Å². The van der Waals surface area contributed by atoms with Gasteiger partial charge in [0.05, 0.1) is 30.0 Å². The first-order valence-electron chi connectivity index (χ1n) is 7.75. The van der Waals surface area contributed by atoms with E-state index in [-0.39, 0.29) is 17.4 Å². The van der Waals surface area contributed by atoms with Gasteiger partial charge in [0.25, 0.3) is 0 Å². The average Bonchev–Trinajstić information content (AvgIpc) is 2.82. The van der Waals surface area contributed by atoms with Gasteiger partial charge >= 0.3 is 5.97 Å². The second kappa shape index (κ2) is 5.58. The van der Waals surface area contributed by atoms with E-state index in [2.05, 4.69) is 15.6 Å². The third-order valence-electron chi connectivity index (χ3n) is 4.81. The predicted octanol–water partition coefficient (Wildman–Crippen LogP) is 0.985. The summed E-state index contributed by atoms with van der Waals surface area (Å²) in [4.78, 5) is 28.5. The van der Waals surface area contributed by atoms with E-state index < -0.39 is 17.7 Å². The van der Waals surface area contributed by atoms with Gasteiger partial charge in [-0.1, -0.05) is 13.8 Å². The van der Waals surface area contributed by atoms with Crippen LogP contribution in [-0.2, 0) is 22.6 Å². The van der Waals surface area contributed by atoms with Gasteiger partial charge in [0, 0.05) is 17.7 Å². The van der Waals surface area contributed by atoms with Gasteiger partial charge in [0.15, 0.2) is 0 Å². The lowest BCUT2D eigenvalue weighted by Crippen LogP contribution is -2.48. The summed E-state index contributed by atoms with van der Waals surface area (Å²) in [7, 11) is 0. The first-order valence-corrected chi connectivity index (χ1v) is 7.75. The van der Waals surface area contributed by atoms with Crippen LogP contribution >= 0.6 is 0 Å². The van der Waals surface area contributed by atoms with E-state index in [0.717, 1.165) is 11.3 Å². The van der Waals surface area contributed by atoms with Gasteiger partial charge in [-0.3, -0.25) is 15.1 Å². The van der Waals surface area contributed by atoms with Gasteiger partial charge in [0.2, 0.25) is 5.91 Å². The summed E-state index contributed by atoms with van der Waals surface area (Å²) in [5.74, 6) is -1.14. The van der Waals surface area contributed by atoms with Crippen LogP contribution in [0, 0.1) is 5.92 Å². The van der Waals surface area contributed by atoms with E-state index in [9.17, 15) is 14.7 Å². The molecule has 2 unspecified atom stereocenters. The minimum atomic E-state index is -1.06. The topological polar surface area (TPSA) is 101 Å². The van der Waals surface area contributed by atoms with Crippen LogP contribution in [0.25, 0.3) is 0 Å². The molecular formula is C16H21N3O4. The molecule has 2 aliphatic rings. The molecule has 2 atom stereocenters. The van der Waals surface area contributed by atoms with Crippen LogP contribution in [0.5, 0.6) is 0 Å². The molecule has 1 aromatic heterocycles. The Kier molecular flexibility index (Phi) is 3.85. The molecule has 7 nitrogen and oxygen atoms in total. The summed E-state index contributed by atoms with van der Waals surface area (Å²) in [5, 5.41) is 15.6. The molecule has 2 aliphatic heterocycles. The second-order valence-electron chi connectivity index (χ2n) is 6.54. The number of amides is 1. The van der Waals surface area contributed by atoms with Crippen molar-refractivity contribution in [3.8, 4) is 0 Å². The van der Waals surface area contributed by atoms with Crippen LogP contribution < -0.4 is 10.6 Å². The number of pyridine rings is 1. The fraction of sp³-hybridized carbons (Fsp3) is 0.562. The van der Waals surface area contributed by atoms with Crippen molar-refractivity contribution in [2.75, 3.05) is 6.61 Å². The normalized spacial score (nSPS) is 27.0. The number of nitrogens with zero attached hydrogens (tertiary/aromatic N) is 1. The Morgan fingerprint density at radius 1 is 1.52 bits per heavy atom. The highest BCUT2D eigenvalue weighted by atomic mass is 16.5. The Labute approximate surface area is 134 Å². The summed E-state index contributed by atoms with van der Waals surface area (Å²) < 4.78 is 5.36. The minimum absolute atomic E-state index is 0.0619. The highest BCUT2D eigenvalue weighted by Gasteiger charge is 2.46. The molecule has 1 fully saturated rings. The smallest absolute Gasteiger partial charge is 0.337 e. The molecular weight excluding hydrogens is 298 g/mol. The molecule has 0 saturated carbocycles. The number of hydrogen-bond acceptors (Lipinski definition) is 5. The van der Waals surface area contributed by atoms with Crippen LogP contribution in [0.3, 0.4) is 0 Å². The van der Waals surface area contributed by atoms with Crippen molar-refractivity contribution in [3.63, 3.8) is 0 Å². The zero-order chi connectivity index (χ0) is 16.8. The molecule has 1 amide bonds. The molecule has 3 rings (SSSR count). The maximum atomic E-state index is 12.3. The quantitative estimate of drug-likeness (QED) is 0.768. The van der Waals surface area contributed by atoms with E-state index in [1.54, 1.807) is 6.07 Å². The molecule has 0 spiro atoms. The second-order valence-corrected chi connectivity index (χ2v) is 6.54. The first-order chi connectivity index (χ1) is 10.8. The maximum Gasteiger partial charge on any atom is 0.337 e. The van der Waals surface area contributed by atoms with E-state index in [0.29, 0.717) is 25.3 Å². The SMILES string of the molecule is CC(C)C1(C)NC(c2nc3c(cc2C(=O)O)COCC3)NC1=O. The molecule has 0 bridgehead atoms. The zero-order valence-corrected chi connectivity index (χ0v) is 13.5. The van der Waals surface area contributed by atoms with Crippen molar-refractivity contribution in [1.29, 1.82) is 0 Å². The number of ether oxygens (including phenoxy) is 1. The van der Waals surface area contributed by atoms with E-state index in [1.807, 2.05) is 20.8 Å². The number of carboxylic acids is 1. The monoisotopic (exact) mass is 319 g/mol. The average molecular weight is 319 g/mol. The fourth-order valence-electron chi connectivity index (χ4n) is 2.94. The number of carbonyl (C=O) groups excluding carboxylic acids is 1. The van der Waals surface area contributed by atoms with Crippen LogP contribution in [0.4, 0.5) is 0 Å². The summed E-state index contributed by atoms with van der Waals surface area (Å²) in [6.45, 7) is 6.66. The van der Waals surface area contributed by atoms with Crippen molar-refractivity contribution >= 4 is 11.9 Å². The molecule has 0 aromatic carbocycles. The third-order valence-corrected chi connectivity index (χ3v) is 4.81. The number of nitrogens with one attached hydrogen (secondary N) is 2. The van der Waals surface area contributed by atoms with Crippen molar-refractivity contribution in [2.24, 2.45) is 5.92 Å². The molecule has 1 aromatic rings.